The lowest BCUT2D eigenvalue weighted by Crippen LogP contribution is -2.14. The van der Waals surface area contributed by atoms with Crippen LogP contribution in [0.25, 0.3) is 0 Å². The number of nitrogens with one attached hydrogen (secondary N) is 1. The minimum absolute atomic E-state index is 0.0377. The molecule has 2 rings (SSSR count). The van der Waals surface area contributed by atoms with Gasteiger partial charge in [-0.15, -0.1) is 0 Å². The number of anilines is 1. The lowest BCUT2D eigenvalue weighted by Gasteiger charge is -2.11. The fourth-order valence-corrected chi connectivity index (χ4v) is 3.37. The Balaban J connectivity index is 2.40. The molecule has 0 fully saturated rings. The number of nitriles is 1. The van der Waals surface area contributed by atoms with Gasteiger partial charge >= 0.3 is 0 Å². The van der Waals surface area contributed by atoms with Crippen LogP contribution in [0.5, 0.6) is 0 Å². The third kappa shape index (κ3) is 3.32. The zero-order chi connectivity index (χ0) is 15.6. The summed E-state index contributed by atoms with van der Waals surface area (Å²) in [5.41, 5.74) is 0.757. The number of benzene rings is 2. The van der Waals surface area contributed by atoms with Crippen molar-refractivity contribution in [3.8, 4) is 6.07 Å². The maximum absolute atomic E-state index is 13.0. The van der Waals surface area contributed by atoms with Crippen molar-refractivity contribution in [3.05, 3.63) is 58.4 Å². The molecule has 1 N–H and O–H groups in total. The summed E-state index contributed by atoms with van der Waals surface area (Å²) >= 11 is 5.93. The van der Waals surface area contributed by atoms with E-state index in [4.69, 9.17) is 16.9 Å². The summed E-state index contributed by atoms with van der Waals surface area (Å²) in [5.74, 6) is -0.511. The molecule has 7 heteroatoms. The molecule has 108 valence electrons. The normalized spacial score (nSPS) is 11.0. The second-order valence-corrected chi connectivity index (χ2v) is 6.38. The van der Waals surface area contributed by atoms with Crippen molar-refractivity contribution >= 4 is 27.3 Å². The Morgan fingerprint density at radius 2 is 1.95 bits per heavy atom. The van der Waals surface area contributed by atoms with Crippen molar-refractivity contribution < 1.29 is 12.8 Å². The first kappa shape index (κ1) is 15.3. The average molecular weight is 325 g/mol. The second-order valence-electron chi connectivity index (χ2n) is 4.32. The number of hydrogen-bond acceptors (Lipinski definition) is 3. The zero-order valence-electron chi connectivity index (χ0n) is 10.9. The lowest BCUT2D eigenvalue weighted by atomic mass is 10.2. The van der Waals surface area contributed by atoms with Crippen molar-refractivity contribution in [2.75, 3.05) is 4.72 Å². The third-order valence-corrected chi connectivity index (χ3v) is 4.61. The van der Waals surface area contributed by atoms with E-state index in [1.807, 2.05) is 6.07 Å². The van der Waals surface area contributed by atoms with E-state index in [-0.39, 0.29) is 21.2 Å². The maximum Gasteiger partial charge on any atom is 0.262 e. The van der Waals surface area contributed by atoms with Gasteiger partial charge < -0.3 is 0 Å². The highest BCUT2D eigenvalue weighted by molar-refractivity contribution is 7.92. The molecule has 0 heterocycles. The van der Waals surface area contributed by atoms with Crippen LogP contribution in [0.4, 0.5) is 10.1 Å². The molecule has 0 radical (unpaired) electrons. The van der Waals surface area contributed by atoms with E-state index >= 15 is 0 Å². The topological polar surface area (TPSA) is 70.0 Å². The summed E-state index contributed by atoms with van der Waals surface area (Å²) in [7, 11) is -3.89. The van der Waals surface area contributed by atoms with Gasteiger partial charge in [0.15, 0.2) is 0 Å². The van der Waals surface area contributed by atoms with E-state index in [0.29, 0.717) is 5.56 Å². The molecule has 0 aromatic heterocycles. The predicted molar refractivity (Wildman–Crippen MR) is 78.1 cm³/mol. The molecule has 0 saturated carbocycles. The molecule has 0 bridgehead atoms. The molecular formula is C14H10ClFN2O2S. The van der Waals surface area contributed by atoms with Crippen molar-refractivity contribution in [3.63, 3.8) is 0 Å². The monoisotopic (exact) mass is 324 g/mol. The predicted octanol–water partition coefficient (Wildman–Crippen LogP) is 3.46. The van der Waals surface area contributed by atoms with Gasteiger partial charge in [0.1, 0.15) is 5.82 Å². The largest absolute Gasteiger partial charge is 0.278 e. The number of aryl methyl sites for hydroxylation is 1. The standard InChI is InChI=1S/C14H10ClFN2O2S/c1-9-6-11(16)3-5-14(9)21(19,20)18-13-4-2-10(8-17)7-12(13)15/h2-7,18H,1H3. The molecule has 2 aromatic carbocycles. The van der Waals surface area contributed by atoms with Crippen LogP contribution in [0.1, 0.15) is 11.1 Å². The van der Waals surface area contributed by atoms with Gasteiger partial charge in [-0.3, -0.25) is 4.72 Å². The molecule has 0 spiro atoms. The first-order chi connectivity index (χ1) is 9.83. The van der Waals surface area contributed by atoms with E-state index in [1.54, 1.807) is 0 Å². The molecule has 0 amide bonds. The molecule has 0 saturated heterocycles. The lowest BCUT2D eigenvalue weighted by molar-refractivity contribution is 0.598. The molecular weight excluding hydrogens is 315 g/mol. The van der Waals surface area contributed by atoms with Gasteiger partial charge in [0, 0.05) is 0 Å². The fourth-order valence-electron chi connectivity index (χ4n) is 1.78. The highest BCUT2D eigenvalue weighted by Crippen LogP contribution is 2.26. The van der Waals surface area contributed by atoms with Crippen LogP contribution >= 0.6 is 11.6 Å². The Labute approximate surface area is 126 Å². The Bertz CT molecular complexity index is 845. The summed E-state index contributed by atoms with van der Waals surface area (Å²) in [6.07, 6.45) is 0. The minimum atomic E-state index is -3.89. The van der Waals surface area contributed by atoms with Crippen LogP contribution in [0.3, 0.4) is 0 Å². The molecule has 4 nitrogen and oxygen atoms in total. The van der Waals surface area contributed by atoms with Gasteiger partial charge in [-0.05, 0) is 48.9 Å². The Hall–Kier alpha value is -2.10. The number of halogens is 2. The molecule has 0 aliphatic carbocycles. The van der Waals surface area contributed by atoms with Crippen molar-refractivity contribution in [2.45, 2.75) is 11.8 Å². The molecule has 0 aliphatic heterocycles. The molecule has 0 atom stereocenters. The highest BCUT2D eigenvalue weighted by atomic mass is 35.5. The van der Waals surface area contributed by atoms with Gasteiger partial charge in [0.05, 0.1) is 27.2 Å². The van der Waals surface area contributed by atoms with Crippen LogP contribution < -0.4 is 4.72 Å². The van der Waals surface area contributed by atoms with E-state index in [9.17, 15) is 12.8 Å². The SMILES string of the molecule is Cc1cc(F)ccc1S(=O)(=O)Nc1ccc(C#N)cc1Cl. The Morgan fingerprint density at radius 1 is 1.24 bits per heavy atom. The van der Waals surface area contributed by atoms with Crippen LogP contribution in [0, 0.1) is 24.1 Å². The number of nitrogens with zero attached hydrogens (tertiary/aromatic N) is 1. The average Bonchev–Trinajstić information content (AvgIpc) is 2.40. The van der Waals surface area contributed by atoms with Crippen molar-refractivity contribution in [2.24, 2.45) is 0 Å². The molecule has 0 aliphatic rings. The molecule has 0 unspecified atom stereocenters. The Morgan fingerprint density at radius 3 is 2.52 bits per heavy atom. The summed E-state index contributed by atoms with van der Waals surface area (Å²) < 4.78 is 39.9. The van der Waals surface area contributed by atoms with E-state index in [2.05, 4.69) is 4.72 Å². The van der Waals surface area contributed by atoms with E-state index in [0.717, 1.165) is 12.1 Å². The first-order valence-electron chi connectivity index (χ1n) is 5.82. The van der Waals surface area contributed by atoms with Gasteiger partial charge in [0.2, 0.25) is 0 Å². The summed E-state index contributed by atoms with van der Waals surface area (Å²) in [5, 5.41) is 8.85. The molecule has 21 heavy (non-hydrogen) atoms. The fraction of sp³-hybridized carbons (Fsp3) is 0.0714. The first-order valence-corrected chi connectivity index (χ1v) is 7.68. The van der Waals surface area contributed by atoms with Crippen LogP contribution in [0.2, 0.25) is 5.02 Å². The molecule has 2 aromatic rings. The summed E-state index contributed by atoms with van der Waals surface area (Å²) in [6.45, 7) is 1.50. The number of hydrogen-bond donors (Lipinski definition) is 1. The number of rotatable bonds is 3. The quantitative estimate of drug-likeness (QED) is 0.940. The van der Waals surface area contributed by atoms with Crippen LogP contribution in [-0.4, -0.2) is 8.42 Å². The van der Waals surface area contributed by atoms with Crippen molar-refractivity contribution in [1.82, 2.24) is 0 Å². The van der Waals surface area contributed by atoms with Crippen molar-refractivity contribution in [1.29, 1.82) is 5.26 Å². The number of sulfonamides is 1. The van der Waals surface area contributed by atoms with Crippen LogP contribution in [-0.2, 0) is 10.0 Å². The van der Waals surface area contributed by atoms with Gasteiger partial charge in [-0.2, -0.15) is 5.26 Å². The Kier molecular flexibility index (Phi) is 4.16. The summed E-state index contributed by atoms with van der Waals surface area (Å²) in [6, 6.07) is 9.50. The maximum atomic E-state index is 13.0. The van der Waals surface area contributed by atoms with Crippen LogP contribution in [0.15, 0.2) is 41.3 Å². The van der Waals surface area contributed by atoms with Gasteiger partial charge in [-0.1, -0.05) is 11.6 Å². The summed E-state index contributed by atoms with van der Waals surface area (Å²) in [4.78, 5) is -0.0377. The zero-order valence-corrected chi connectivity index (χ0v) is 12.5. The van der Waals surface area contributed by atoms with Gasteiger partial charge in [-0.25, -0.2) is 12.8 Å². The van der Waals surface area contributed by atoms with E-state index < -0.39 is 15.8 Å². The van der Waals surface area contributed by atoms with E-state index in [1.165, 1.54) is 31.2 Å². The highest BCUT2D eigenvalue weighted by Gasteiger charge is 2.18. The smallest absolute Gasteiger partial charge is 0.262 e. The van der Waals surface area contributed by atoms with Gasteiger partial charge in [0.25, 0.3) is 10.0 Å². The second kappa shape index (κ2) is 5.72. The minimum Gasteiger partial charge on any atom is -0.278 e. The third-order valence-electron chi connectivity index (χ3n) is 2.77.